The number of carbonyl (C=O) groups is 1. The predicted molar refractivity (Wildman–Crippen MR) is 85.4 cm³/mol. The lowest BCUT2D eigenvalue weighted by Crippen LogP contribution is -2.09. The van der Waals surface area contributed by atoms with Gasteiger partial charge in [0.25, 0.3) is 0 Å². The first-order valence-electron chi connectivity index (χ1n) is 6.13. The molecule has 0 aliphatic rings. The number of rotatable bonds is 3. The number of aromatic nitrogens is 2. The summed E-state index contributed by atoms with van der Waals surface area (Å²) in [6, 6.07) is 4.53. The molecule has 4 nitrogen and oxygen atoms in total. The summed E-state index contributed by atoms with van der Waals surface area (Å²) in [4.78, 5) is 12.5. The lowest BCUT2D eigenvalue weighted by molar-refractivity contribution is 0.103. The zero-order valence-corrected chi connectivity index (χ0v) is 13.6. The monoisotopic (exact) mass is 343 g/mol. The zero-order chi connectivity index (χ0) is 15.7. The maximum Gasteiger partial charge on any atom is 0.216 e. The number of hydrogen-bond acceptors (Lipinski definition) is 4. The van der Waals surface area contributed by atoms with E-state index in [-0.39, 0.29) is 32.4 Å². The molecule has 21 heavy (non-hydrogen) atoms. The van der Waals surface area contributed by atoms with Crippen LogP contribution in [0.1, 0.15) is 41.4 Å². The van der Waals surface area contributed by atoms with Crippen LogP contribution in [0.25, 0.3) is 0 Å². The van der Waals surface area contributed by atoms with E-state index >= 15 is 0 Å². The highest BCUT2D eigenvalue weighted by molar-refractivity contribution is 6.41. The van der Waals surface area contributed by atoms with E-state index in [9.17, 15) is 4.79 Å². The Kier molecular flexibility index (Phi) is 4.71. The molecular weight excluding hydrogens is 333 g/mol. The highest BCUT2D eigenvalue weighted by Crippen LogP contribution is 2.30. The predicted octanol–water partition coefficient (Wildman–Crippen LogP) is 4.37. The van der Waals surface area contributed by atoms with Crippen LogP contribution in [-0.2, 0) is 0 Å². The van der Waals surface area contributed by atoms with E-state index in [1.54, 1.807) is 6.07 Å². The van der Waals surface area contributed by atoms with E-state index in [4.69, 9.17) is 40.5 Å². The Labute approximate surface area is 137 Å². The van der Waals surface area contributed by atoms with Gasteiger partial charge in [-0.25, -0.2) is 0 Å². The first-order chi connectivity index (χ1) is 9.81. The van der Waals surface area contributed by atoms with Crippen LogP contribution < -0.4 is 5.73 Å². The molecule has 0 radical (unpaired) electrons. The molecule has 0 atom stereocenters. The summed E-state index contributed by atoms with van der Waals surface area (Å²) >= 11 is 18.1. The Morgan fingerprint density at radius 3 is 2.19 bits per heavy atom. The maximum absolute atomic E-state index is 12.5. The summed E-state index contributed by atoms with van der Waals surface area (Å²) in [5, 5.41) is 8.25. The van der Waals surface area contributed by atoms with Gasteiger partial charge in [0, 0.05) is 5.69 Å². The van der Waals surface area contributed by atoms with Gasteiger partial charge in [-0.2, -0.15) is 0 Å². The second kappa shape index (κ2) is 6.18. The van der Waals surface area contributed by atoms with Gasteiger partial charge in [-0.3, -0.25) is 4.79 Å². The minimum Gasteiger partial charge on any atom is -0.399 e. The summed E-state index contributed by atoms with van der Waals surface area (Å²) in [7, 11) is 0. The van der Waals surface area contributed by atoms with E-state index in [0.717, 1.165) is 5.56 Å². The van der Waals surface area contributed by atoms with Crippen LogP contribution in [0, 0.1) is 0 Å². The van der Waals surface area contributed by atoms with Crippen molar-refractivity contribution in [2.75, 3.05) is 5.73 Å². The number of benzene rings is 1. The molecule has 0 aliphatic heterocycles. The Morgan fingerprint density at radius 2 is 1.67 bits per heavy atom. The van der Waals surface area contributed by atoms with Crippen molar-refractivity contribution in [3.8, 4) is 0 Å². The average Bonchev–Trinajstić information content (AvgIpc) is 2.37. The number of nitrogens with two attached hydrogens (primary N) is 1. The second-order valence-electron chi connectivity index (χ2n) is 4.82. The van der Waals surface area contributed by atoms with Crippen molar-refractivity contribution in [3.63, 3.8) is 0 Å². The van der Waals surface area contributed by atoms with E-state index in [1.165, 1.54) is 12.1 Å². The van der Waals surface area contributed by atoms with E-state index in [2.05, 4.69) is 10.2 Å². The second-order valence-corrected chi connectivity index (χ2v) is 5.99. The molecule has 2 aromatic rings. The van der Waals surface area contributed by atoms with Crippen LogP contribution in [0.5, 0.6) is 0 Å². The molecule has 0 bridgehead atoms. The first-order valence-corrected chi connectivity index (χ1v) is 7.27. The van der Waals surface area contributed by atoms with Gasteiger partial charge >= 0.3 is 0 Å². The van der Waals surface area contributed by atoms with Gasteiger partial charge in [0.1, 0.15) is 5.69 Å². The summed E-state index contributed by atoms with van der Waals surface area (Å²) in [6.07, 6.45) is 0. The molecule has 7 heteroatoms. The summed E-state index contributed by atoms with van der Waals surface area (Å²) in [5.41, 5.74) is 7.03. The van der Waals surface area contributed by atoms with Gasteiger partial charge in [-0.15, -0.1) is 10.2 Å². The third-order valence-corrected chi connectivity index (χ3v) is 3.81. The van der Waals surface area contributed by atoms with Gasteiger partial charge in [0.2, 0.25) is 5.78 Å². The van der Waals surface area contributed by atoms with Gasteiger partial charge in [0.15, 0.2) is 5.15 Å². The van der Waals surface area contributed by atoms with E-state index in [1.807, 2.05) is 13.8 Å². The van der Waals surface area contributed by atoms with Crippen molar-refractivity contribution in [1.29, 1.82) is 0 Å². The van der Waals surface area contributed by atoms with Crippen molar-refractivity contribution in [2.24, 2.45) is 0 Å². The molecule has 0 fully saturated rings. The van der Waals surface area contributed by atoms with Crippen LogP contribution in [-0.4, -0.2) is 16.0 Å². The van der Waals surface area contributed by atoms with Crippen molar-refractivity contribution in [2.45, 2.75) is 19.8 Å². The standard InChI is InChI=1S/C14H12Cl3N3O/c1-6(2)8-5-11(19-20-14(8)17)13(21)12-9(15)3-7(18)4-10(12)16/h3-6H,18H2,1-2H3. The van der Waals surface area contributed by atoms with Crippen molar-refractivity contribution < 1.29 is 4.79 Å². The molecule has 110 valence electrons. The molecule has 0 saturated carbocycles. The number of nitrogen functional groups attached to an aromatic ring is 1. The average molecular weight is 345 g/mol. The minimum absolute atomic E-state index is 0.108. The van der Waals surface area contributed by atoms with Crippen LogP contribution >= 0.6 is 34.8 Å². The Balaban J connectivity index is 2.53. The smallest absolute Gasteiger partial charge is 0.216 e. The summed E-state index contributed by atoms with van der Waals surface area (Å²) in [6.45, 7) is 3.89. The molecule has 0 saturated heterocycles. The number of anilines is 1. The fourth-order valence-electron chi connectivity index (χ4n) is 1.84. The minimum atomic E-state index is -0.420. The van der Waals surface area contributed by atoms with Gasteiger partial charge in [0.05, 0.1) is 15.6 Å². The normalized spacial score (nSPS) is 11.0. The van der Waals surface area contributed by atoms with Crippen LogP contribution in [0.4, 0.5) is 5.69 Å². The third kappa shape index (κ3) is 3.28. The Hall–Kier alpha value is -1.36. The summed E-state index contributed by atoms with van der Waals surface area (Å²) in [5.74, 6) is -0.312. The van der Waals surface area contributed by atoms with Crippen molar-refractivity contribution in [3.05, 3.63) is 50.2 Å². The van der Waals surface area contributed by atoms with E-state index in [0.29, 0.717) is 5.69 Å². The molecule has 1 heterocycles. The molecule has 0 unspecified atom stereocenters. The highest BCUT2D eigenvalue weighted by Gasteiger charge is 2.21. The summed E-state index contributed by atoms with van der Waals surface area (Å²) < 4.78 is 0. The molecule has 2 rings (SSSR count). The number of halogens is 3. The molecule has 1 aromatic heterocycles. The Bertz CT molecular complexity index is 694. The van der Waals surface area contributed by atoms with Crippen LogP contribution in [0.3, 0.4) is 0 Å². The van der Waals surface area contributed by atoms with Crippen molar-refractivity contribution in [1.82, 2.24) is 10.2 Å². The topological polar surface area (TPSA) is 68.9 Å². The van der Waals surface area contributed by atoms with Gasteiger partial charge in [-0.1, -0.05) is 48.7 Å². The zero-order valence-electron chi connectivity index (χ0n) is 11.3. The van der Waals surface area contributed by atoms with Crippen LogP contribution in [0.15, 0.2) is 18.2 Å². The SMILES string of the molecule is CC(C)c1cc(C(=O)c2c(Cl)cc(N)cc2Cl)nnc1Cl. The molecular formula is C14H12Cl3N3O. The van der Waals surface area contributed by atoms with Gasteiger partial charge in [-0.05, 0) is 29.7 Å². The fourth-order valence-corrected chi connectivity index (χ4v) is 2.83. The lowest BCUT2D eigenvalue weighted by Gasteiger charge is -2.10. The number of hydrogen-bond donors (Lipinski definition) is 1. The van der Waals surface area contributed by atoms with Gasteiger partial charge < -0.3 is 5.73 Å². The molecule has 0 aliphatic carbocycles. The number of carbonyl (C=O) groups excluding carboxylic acids is 1. The fraction of sp³-hybridized carbons (Fsp3) is 0.214. The third-order valence-electron chi connectivity index (χ3n) is 2.92. The number of nitrogens with zero attached hydrogens (tertiary/aromatic N) is 2. The lowest BCUT2D eigenvalue weighted by atomic mass is 10.0. The van der Waals surface area contributed by atoms with Crippen molar-refractivity contribution >= 4 is 46.3 Å². The maximum atomic E-state index is 12.5. The molecule has 0 amide bonds. The molecule has 2 N–H and O–H groups in total. The highest BCUT2D eigenvalue weighted by atomic mass is 35.5. The van der Waals surface area contributed by atoms with Crippen LogP contribution in [0.2, 0.25) is 15.2 Å². The first kappa shape index (κ1) is 16.0. The van der Waals surface area contributed by atoms with E-state index < -0.39 is 5.78 Å². The largest absolute Gasteiger partial charge is 0.399 e. The molecule has 0 spiro atoms. The number of ketones is 1. The molecule has 1 aromatic carbocycles. The Morgan fingerprint density at radius 1 is 1.10 bits per heavy atom. The quantitative estimate of drug-likeness (QED) is 0.663.